The molecule has 0 spiro atoms. The van der Waals surface area contributed by atoms with Crippen LogP contribution in [0, 0.1) is 0 Å². The van der Waals surface area contributed by atoms with Crippen LogP contribution in [0.2, 0.25) is 5.02 Å². The Morgan fingerprint density at radius 2 is 1.85 bits per heavy atom. The van der Waals surface area contributed by atoms with E-state index >= 15 is 0 Å². The van der Waals surface area contributed by atoms with Crippen molar-refractivity contribution in [1.29, 1.82) is 0 Å². The molecular weight excluding hydrogens is 272 g/mol. The number of benzene rings is 1. The quantitative estimate of drug-likeness (QED) is 0.803. The normalized spacial score (nSPS) is 10.7. The molecule has 2 N–H and O–H groups in total. The number of aromatic nitrogens is 3. The average Bonchev–Trinajstić information content (AvgIpc) is 2.83. The van der Waals surface area contributed by atoms with Crippen LogP contribution in [-0.4, -0.2) is 14.8 Å². The van der Waals surface area contributed by atoms with Crippen LogP contribution in [0.3, 0.4) is 0 Å². The van der Waals surface area contributed by atoms with E-state index in [-0.39, 0.29) is 0 Å². The van der Waals surface area contributed by atoms with Gasteiger partial charge in [-0.2, -0.15) is 5.10 Å². The molecule has 0 radical (unpaired) electrons. The van der Waals surface area contributed by atoms with Gasteiger partial charge in [-0.25, -0.2) is 0 Å². The maximum absolute atomic E-state index is 6.16. The number of nitrogen functional groups attached to an aromatic ring is 1. The molecule has 4 nitrogen and oxygen atoms in total. The highest BCUT2D eigenvalue weighted by molar-refractivity contribution is 6.31. The van der Waals surface area contributed by atoms with E-state index in [9.17, 15) is 0 Å². The first-order chi connectivity index (χ1) is 9.74. The zero-order valence-electron chi connectivity index (χ0n) is 10.7. The van der Waals surface area contributed by atoms with Gasteiger partial charge in [0.2, 0.25) is 0 Å². The molecule has 2 heterocycles. The van der Waals surface area contributed by atoms with Crippen LogP contribution in [0.5, 0.6) is 0 Å². The number of pyridine rings is 1. The van der Waals surface area contributed by atoms with Crippen LogP contribution in [-0.2, 0) is 6.54 Å². The van der Waals surface area contributed by atoms with Crippen LogP contribution in [0.1, 0.15) is 5.56 Å². The van der Waals surface area contributed by atoms with E-state index in [0.717, 1.165) is 21.8 Å². The number of rotatable bonds is 3. The minimum atomic E-state index is 0.592. The van der Waals surface area contributed by atoms with Gasteiger partial charge in [-0.3, -0.25) is 9.67 Å². The maximum Gasteiger partial charge on any atom is 0.115 e. The molecular formula is C15H13ClN4. The summed E-state index contributed by atoms with van der Waals surface area (Å²) >= 11 is 6.16. The van der Waals surface area contributed by atoms with Gasteiger partial charge < -0.3 is 5.73 Å². The molecule has 100 valence electrons. The number of halogens is 1. The lowest BCUT2D eigenvalue weighted by atomic mass is 10.2. The summed E-state index contributed by atoms with van der Waals surface area (Å²) < 4.78 is 1.80. The lowest BCUT2D eigenvalue weighted by Crippen LogP contribution is -2.00. The molecule has 0 bridgehead atoms. The third-order valence-corrected chi connectivity index (χ3v) is 3.40. The summed E-state index contributed by atoms with van der Waals surface area (Å²) in [6.07, 6.45) is 5.27. The van der Waals surface area contributed by atoms with Crippen molar-refractivity contribution >= 4 is 17.3 Å². The third-order valence-electron chi connectivity index (χ3n) is 3.03. The van der Waals surface area contributed by atoms with Gasteiger partial charge in [-0.15, -0.1) is 0 Å². The fourth-order valence-corrected chi connectivity index (χ4v) is 2.25. The lowest BCUT2D eigenvalue weighted by molar-refractivity contribution is 0.689. The van der Waals surface area contributed by atoms with Crippen molar-refractivity contribution in [2.24, 2.45) is 0 Å². The number of anilines is 1. The maximum atomic E-state index is 6.16. The molecule has 0 amide bonds. The van der Waals surface area contributed by atoms with Crippen LogP contribution >= 0.6 is 11.6 Å². The van der Waals surface area contributed by atoms with Crippen molar-refractivity contribution in [3.05, 3.63) is 65.6 Å². The molecule has 0 aliphatic rings. The number of nitrogens with two attached hydrogens (primary N) is 1. The summed E-state index contributed by atoms with van der Waals surface area (Å²) in [6.45, 7) is 0.592. The van der Waals surface area contributed by atoms with Crippen LogP contribution in [0.25, 0.3) is 11.3 Å². The zero-order chi connectivity index (χ0) is 13.9. The first-order valence-corrected chi connectivity index (χ1v) is 6.58. The first-order valence-electron chi connectivity index (χ1n) is 6.21. The minimum absolute atomic E-state index is 0.592. The fourth-order valence-electron chi connectivity index (χ4n) is 2.05. The predicted molar refractivity (Wildman–Crippen MR) is 80.4 cm³/mol. The molecule has 0 saturated heterocycles. The van der Waals surface area contributed by atoms with E-state index in [0.29, 0.717) is 12.2 Å². The Hall–Kier alpha value is -2.33. The number of nitrogens with zero attached hydrogens (tertiary/aromatic N) is 3. The van der Waals surface area contributed by atoms with Gasteiger partial charge in [0.15, 0.2) is 0 Å². The van der Waals surface area contributed by atoms with Crippen molar-refractivity contribution in [3.8, 4) is 11.3 Å². The Kier molecular flexibility index (Phi) is 3.39. The molecule has 1 aromatic carbocycles. The second kappa shape index (κ2) is 5.35. The SMILES string of the molecule is Nc1cn(Cc2ccccc2Cl)nc1-c1ccncc1. The van der Waals surface area contributed by atoms with Crippen molar-refractivity contribution < 1.29 is 0 Å². The van der Waals surface area contributed by atoms with E-state index in [4.69, 9.17) is 17.3 Å². The Bertz CT molecular complexity index is 722. The molecule has 3 aromatic rings. The van der Waals surface area contributed by atoms with E-state index in [1.807, 2.05) is 42.6 Å². The standard InChI is InChI=1S/C15H13ClN4/c16-13-4-2-1-3-12(13)9-20-10-14(17)15(19-20)11-5-7-18-8-6-11/h1-8,10H,9,17H2. The molecule has 2 aromatic heterocycles. The number of hydrogen-bond donors (Lipinski definition) is 1. The Morgan fingerprint density at radius 3 is 2.60 bits per heavy atom. The topological polar surface area (TPSA) is 56.7 Å². The predicted octanol–water partition coefficient (Wildman–Crippen LogP) is 3.23. The first kappa shape index (κ1) is 12.7. The molecule has 0 aliphatic carbocycles. The van der Waals surface area contributed by atoms with Gasteiger partial charge >= 0.3 is 0 Å². The van der Waals surface area contributed by atoms with E-state index in [1.165, 1.54) is 0 Å². The summed E-state index contributed by atoms with van der Waals surface area (Å²) in [6, 6.07) is 11.5. The molecule has 3 rings (SSSR count). The van der Waals surface area contributed by atoms with Gasteiger partial charge in [-0.05, 0) is 23.8 Å². The monoisotopic (exact) mass is 284 g/mol. The number of hydrogen-bond acceptors (Lipinski definition) is 3. The van der Waals surface area contributed by atoms with E-state index < -0.39 is 0 Å². The van der Waals surface area contributed by atoms with Crippen molar-refractivity contribution in [1.82, 2.24) is 14.8 Å². The summed E-state index contributed by atoms with van der Waals surface area (Å²) in [5.74, 6) is 0. The van der Waals surface area contributed by atoms with Crippen LogP contribution < -0.4 is 5.73 Å². The highest BCUT2D eigenvalue weighted by atomic mass is 35.5. The molecule has 0 saturated carbocycles. The van der Waals surface area contributed by atoms with Crippen molar-refractivity contribution in [2.75, 3.05) is 5.73 Å². The third kappa shape index (κ3) is 2.51. The summed E-state index contributed by atoms with van der Waals surface area (Å²) in [7, 11) is 0. The molecule has 0 atom stereocenters. The highest BCUT2D eigenvalue weighted by Gasteiger charge is 2.09. The lowest BCUT2D eigenvalue weighted by Gasteiger charge is -2.03. The van der Waals surface area contributed by atoms with Crippen molar-refractivity contribution in [3.63, 3.8) is 0 Å². The smallest absolute Gasteiger partial charge is 0.115 e. The fraction of sp³-hybridized carbons (Fsp3) is 0.0667. The second-order valence-electron chi connectivity index (χ2n) is 4.46. The van der Waals surface area contributed by atoms with Crippen molar-refractivity contribution in [2.45, 2.75) is 6.54 Å². The van der Waals surface area contributed by atoms with Crippen LogP contribution in [0.4, 0.5) is 5.69 Å². The summed E-state index contributed by atoms with van der Waals surface area (Å²) in [5, 5.41) is 5.25. The van der Waals surface area contributed by atoms with Gasteiger partial charge in [-0.1, -0.05) is 29.8 Å². The molecule has 0 unspecified atom stereocenters. The van der Waals surface area contributed by atoms with E-state index in [1.54, 1.807) is 17.1 Å². The van der Waals surface area contributed by atoms with E-state index in [2.05, 4.69) is 10.1 Å². The minimum Gasteiger partial charge on any atom is -0.396 e. The molecule has 0 fully saturated rings. The summed E-state index contributed by atoms with van der Waals surface area (Å²) in [4.78, 5) is 3.99. The largest absolute Gasteiger partial charge is 0.396 e. The molecule has 0 aliphatic heterocycles. The van der Waals surface area contributed by atoms with Gasteiger partial charge in [0, 0.05) is 29.2 Å². The molecule has 20 heavy (non-hydrogen) atoms. The Morgan fingerprint density at radius 1 is 1.10 bits per heavy atom. The Balaban J connectivity index is 1.92. The second-order valence-corrected chi connectivity index (χ2v) is 4.87. The van der Waals surface area contributed by atoms with Crippen LogP contribution in [0.15, 0.2) is 55.0 Å². The summed E-state index contributed by atoms with van der Waals surface area (Å²) in [5.41, 5.74) is 9.40. The molecule has 5 heteroatoms. The van der Waals surface area contributed by atoms with Gasteiger partial charge in [0.25, 0.3) is 0 Å². The van der Waals surface area contributed by atoms with Gasteiger partial charge in [0.05, 0.1) is 12.2 Å². The zero-order valence-corrected chi connectivity index (χ0v) is 11.5. The highest BCUT2D eigenvalue weighted by Crippen LogP contribution is 2.24. The Labute approximate surface area is 121 Å². The van der Waals surface area contributed by atoms with Gasteiger partial charge in [0.1, 0.15) is 5.69 Å². The average molecular weight is 285 g/mol.